The first-order valence-corrected chi connectivity index (χ1v) is 6.88. The van der Waals surface area contributed by atoms with Crippen LogP contribution in [-0.2, 0) is 4.79 Å². The number of amides is 1. The number of halogens is 1. The first-order chi connectivity index (χ1) is 7.36. The second kappa shape index (κ2) is 5.50. The molecule has 94 valence electrons. The Kier molecular flexibility index (Phi) is 4.80. The smallest absolute Gasteiger partial charge is 0.238 e. The summed E-state index contributed by atoms with van der Waals surface area (Å²) in [6.07, 6.45) is 1.18. The van der Waals surface area contributed by atoms with Gasteiger partial charge in [-0.2, -0.15) is 0 Å². The summed E-state index contributed by atoms with van der Waals surface area (Å²) >= 11 is 3.43. The highest BCUT2D eigenvalue weighted by Crippen LogP contribution is 2.20. The summed E-state index contributed by atoms with van der Waals surface area (Å²) in [5, 5.41) is 0. The SMILES string of the molecule is CCC(C)N1CCN(C(=O)C(C)(C)Br)CC1. The van der Waals surface area contributed by atoms with E-state index in [-0.39, 0.29) is 5.91 Å². The van der Waals surface area contributed by atoms with E-state index in [2.05, 4.69) is 34.7 Å². The first-order valence-electron chi connectivity index (χ1n) is 6.08. The van der Waals surface area contributed by atoms with Gasteiger partial charge in [-0.1, -0.05) is 22.9 Å². The molecule has 1 saturated heterocycles. The quantitative estimate of drug-likeness (QED) is 0.744. The van der Waals surface area contributed by atoms with E-state index in [9.17, 15) is 4.79 Å². The maximum Gasteiger partial charge on any atom is 0.238 e. The molecule has 1 fully saturated rings. The summed E-state index contributed by atoms with van der Waals surface area (Å²) in [6.45, 7) is 12.0. The molecule has 0 saturated carbocycles. The average molecular weight is 291 g/mol. The third kappa shape index (κ3) is 3.45. The van der Waals surface area contributed by atoms with Gasteiger partial charge in [0.25, 0.3) is 0 Å². The van der Waals surface area contributed by atoms with Gasteiger partial charge in [-0.15, -0.1) is 0 Å². The van der Waals surface area contributed by atoms with Crippen LogP contribution in [0.3, 0.4) is 0 Å². The molecule has 4 heteroatoms. The predicted molar refractivity (Wildman–Crippen MR) is 70.9 cm³/mol. The Morgan fingerprint density at radius 2 is 1.81 bits per heavy atom. The van der Waals surface area contributed by atoms with Crippen molar-refractivity contribution in [1.82, 2.24) is 9.80 Å². The Balaban J connectivity index is 2.46. The molecule has 1 atom stereocenters. The van der Waals surface area contributed by atoms with Crippen LogP contribution in [0.5, 0.6) is 0 Å². The second-order valence-electron chi connectivity index (χ2n) is 5.06. The molecule has 1 amide bonds. The number of piperazine rings is 1. The lowest BCUT2D eigenvalue weighted by Gasteiger charge is -2.39. The molecule has 1 rings (SSSR count). The van der Waals surface area contributed by atoms with Gasteiger partial charge in [-0.25, -0.2) is 0 Å². The van der Waals surface area contributed by atoms with Gasteiger partial charge in [0.15, 0.2) is 0 Å². The zero-order chi connectivity index (χ0) is 12.3. The number of nitrogens with zero attached hydrogens (tertiary/aromatic N) is 2. The van der Waals surface area contributed by atoms with Gasteiger partial charge < -0.3 is 4.90 Å². The van der Waals surface area contributed by atoms with E-state index >= 15 is 0 Å². The topological polar surface area (TPSA) is 23.6 Å². The van der Waals surface area contributed by atoms with Crippen molar-refractivity contribution in [2.24, 2.45) is 0 Å². The Morgan fingerprint density at radius 3 is 2.19 bits per heavy atom. The van der Waals surface area contributed by atoms with Crippen molar-refractivity contribution >= 4 is 21.8 Å². The van der Waals surface area contributed by atoms with E-state index in [1.54, 1.807) is 0 Å². The Morgan fingerprint density at radius 1 is 1.31 bits per heavy atom. The second-order valence-corrected chi connectivity index (χ2v) is 7.04. The molecular weight excluding hydrogens is 268 g/mol. The van der Waals surface area contributed by atoms with Crippen molar-refractivity contribution in [3.8, 4) is 0 Å². The zero-order valence-electron chi connectivity index (χ0n) is 10.8. The van der Waals surface area contributed by atoms with Crippen LogP contribution in [0, 0.1) is 0 Å². The zero-order valence-corrected chi connectivity index (χ0v) is 12.4. The van der Waals surface area contributed by atoms with Gasteiger partial charge in [0, 0.05) is 32.2 Å². The Labute approximate surface area is 107 Å². The third-order valence-electron chi connectivity index (χ3n) is 3.32. The van der Waals surface area contributed by atoms with Crippen molar-refractivity contribution in [2.45, 2.75) is 44.5 Å². The molecule has 0 spiro atoms. The molecule has 0 aliphatic carbocycles. The maximum atomic E-state index is 12.0. The molecule has 0 N–H and O–H groups in total. The lowest BCUT2D eigenvalue weighted by molar-refractivity contribution is -0.134. The van der Waals surface area contributed by atoms with Crippen LogP contribution in [0.25, 0.3) is 0 Å². The summed E-state index contributed by atoms with van der Waals surface area (Å²) in [4.78, 5) is 16.5. The summed E-state index contributed by atoms with van der Waals surface area (Å²) in [6, 6.07) is 0.634. The minimum absolute atomic E-state index is 0.205. The van der Waals surface area contributed by atoms with Crippen LogP contribution < -0.4 is 0 Å². The van der Waals surface area contributed by atoms with Crippen LogP contribution in [0.1, 0.15) is 34.1 Å². The van der Waals surface area contributed by atoms with Crippen molar-refractivity contribution in [3.05, 3.63) is 0 Å². The maximum absolute atomic E-state index is 12.0. The lowest BCUT2D eigenvalue weighted by Crippen LogP contribution is -2.54. The standard InChI is InChI=1S/C12H23BrN2O/c1-5-10(2)14-6-8-15(9-7-14)11(16)12(3,4)13/h10H,5-9H2,1-4H3. The Hall–Kier alpha value is -0.0900. The normalized spacial score (nSPS) is 20.9. The van der Waals surface area contributed by atoms with Crippen molar-refractivity contribution < 1.29 is 4.79 Å². The van der Waals surface area contributed by atoms with Gasteiger partial charge in [-0.3, -0.25) is 9.69 Å². The third-order valence-corrected chi connectivity index (χ3v) is 3.66. The van der Waals surface area contributed by atoms with Gasteiger partial charge in [0.1, 0.15) is 0 Å². The van der Waals surface area contributed by atoms with Crippen LogP contribution >= 0.6 is 15.9 Å². The number of hydrogen-bond donors (Lipinski definition) is 0. The molecule has 3 nitrogen and oxygen atoms in total. The molecule has 1 aliphatic rings. The van der Waals surface area contributed by atoms with E-state index < -0.39 is 4.32 Å². The monoisotopic (exact) mass is 290 g/mol. The van der Waals surface area contributed by atoms with Gasteiger partial charge >= 0.3 is 0 Å². The highest BCUT2D eigenvalue weighted by molar-refractivity contribution is 9.10. The minimum atomic E-state index is -0.425. The summed E-state index contributed by atoms with van der Waals surface area (Å²) in [5.41, 5.74) is 0. The molecule has 0 aromatic carbocycles. The van der Waals surface area contributed by atoms with Crippen LogP contribution in [-0.4, -0.2) is 52.3 Å². The average Bonchev–Trinajstić information content (AvgIpc) is 2.26. The molecule has 1 unspecified atom stereocenters. The lowest BCUT2D eigenvalue weighted by atomic mass is 10.1. The number of carbonyl (C=O) groups excluding carboxylic acids is 1. The fourth-order valence-electron chi connectivity index (χ4n) is 2.00. The van der Waals surface area contributed by atoms with E-state index in [1.165, 1.54) is 6.42 Å². The highest BCUT2D eigenvalue weighted by atomic mass is 79.9. The molecule has 0 aromatic rings. The summed E-state index contributed by atoms with van der Waals surface area (Å²) < 4.78 is -0.425. The van der Waals surface area contributed by atoms with Crippen LogP contribution in [0.2, 0.25) is 0 Å². The fourth-order valence-corrected chi connectivity index (χ4v) is 2.25. The van der Waals surface area contributed by atoms with Crippen molar-refractivity contribution in [1.29, 1.82) is 0 Å². The number of rotatable bonds is 3. The van der Waals surface area contributed by atoms with E-state index in [1.807, 2.05) is 18.7 Å². The summed E-state index contributed by atoms with van der Waals surface area (Å²) in [5.74, 6) is 0.205. The van der Waals surface area contributed by atoms with Crippen LogP contribution in [0.15, 0.2) is 0 Å². The van der Waals surface area contributed by atoms with Crippen molar-refractivity contribution in [3.63, 3.8) is 0 Å². The van der Waals surface area contributed by atoms with E-state index in [4.69, 9.17) is 0 Å². The number of carbonyl (C=O) groups is 1. The molecule has 1 aliphatic heterocycles. The van der Waals surface area contributed by atoms with E-state index in [0.29, 0.717) is 6.04 Å². The molecule has 1 heterocycles. The van der Waals surface area contributed by atoms with E-state index in [0.717, 1.165) is 26.2 Å². The largest absolute Gasteiger partial charge is 0.339 e. The number of alkyl halides is 1. The molecule has 16 heavy (non-hydrogen) atoms. The number of hydrogen-bond acceptors (Lipinski definition) is 2. The first kappa shape index (κ1) is 14.0. The van der Waals surface area contributed by atoms with Crippen molar-refractivity contribution in [2.75, 3.05) is 26.2 Å². The minimum Gasteiger partial charge on any atom is -0.339 e. The fraction of sp³-hybridized carbons (Fsp3) is 0.917. The predicted octanol–water partition coefficient (Wildman–Crippen LogP) is 2.10. The highest BCUT2D eigenvalue weighted by Gasteiger charge is 2.31. The van der Waals surface area contributed by atoms with Gasteiger partial charge in [0.05, 0.1) is 4.32 Å². The van der Waals surface area contributed by atoms with Gasteiger partial charge in [0.2, 0.25) is 5.91 Å². The molecular formula is C12H23BrN2O. The Bertz CT molecular complexity index is 242. The molecule has 0 radical (unpaired) electrons. The molecule has 0 bridgehead atoms. The molecule has 0 aromatic heterocycles. The summed E-state index contributed by atoms with van der Waals surface area (Å²) in [7, 11) is 0. The van der Waals surface area contributed by atoms with Gasteiger partial charge in [-0.05, 0) is 27.2 Å². The van der Waals surface area contributed by atoms with Crippen LogP contribution in [0.4, 0.5) is 0 Å².